The third-order valence-corrected chi connectivity index (χ3v) is 4.14. The van der Waals surface area contributed by atoms with Crippen LogP contribution in [0.15, 0.2) is 86.3 Å². The molecule has 0 radical (unpaired) electrons. The fourth-order valence-electron chi connectivity index (χ4n) is 2.82. The number of alkyl halides is 3. The van der Waals surface area contributed by atoms with Crippen LogP contribution in [0.5, 0.6) is 5.75 Å². The highest BCUT2D eigenvalue weighted by Gasteiger charge is 2.36. The number of ether oxygens (including phenoxy) is 1. The van der Waals surface area contributed by atoms with E-state index in [0.29, 0.717) is 28.4 Å². The van der Waals surface area contributed by atoms with Gasteiger partial charge in [-0.1, -0.05) is 0 Å². The van der Waals surface area contributed by atoms with Crippen LogP contribution in [0.25, 0.3) is 10.9 Å². The second kappa shape index (κ2) is 8.11. The molecule has 3 heterocycles. The Morgan fingerprint density at radius 1 is 1.28 bits per heavy atom. The zero-order valence-corrected chi connectivity index (χ0v) is 16.3. The smallest absolute Gasteiger partial charge is 0.435 e. The number of amides is 1. The van der Waals surface area contributed by atoms with Gasteiger partial charge in [0, 0.05) is 30.8 Å². The molecule has 0 aliphatic carbocycles. The number of nitrogens with one attached hydrogen (secondary N) is 1. The van der Waals surface area contributed by atoms with E-state index >= 15 is 0 Å². The van der Waals surface area contributed by atoms with E-state index in [1.807, 2.05) is 0 Å². The lowest BCUT2D eigenvalue weighted by Gasteiger charge is -2.13. The minimum Gasteiger partial charge on any atom is -0.439 e. The Labute approximate surface area is 178 Å². The third kappa shape index (κ3) is 4.57. The molecule has 2 aliphatic heterocycles. The molecule has 0 bridgehead atoms. The quantitative estimate of drug-likeness (QED) is 0.695. The Hall–Kier alpha value is -4.26. The molecule has 2 aliphatic rings. The lowest BCUT2D eigenvalue weighted by atomic mass is 10.2. The number of carbonyl (C=O) groups is 1. The Kier molecular flexibility index (Phi) is 5.32. The number of carbonyl (C=O) groups excluding carboxylic acids is 1. The molecule has 0 saturated heterocycles. The van der Waals surface area contributed by atoms with Crippen molar-refractivity contribution in [3.63, 3.8) is 0 Å². The van der Waals surface area contributed by atoms with Crippen LogP contribution in [0.3, 0.4) is 0 Å². The molecule has 4 rings (SSSR count). The summed E-state index contributed by atoms with van der Waals surface area (Å²) >= 11 is 0. The van der Waals surface area contributed by atoms with E-state index in [0.717, 1.165) is 5.06 Å². The van der Waals surface area contributed by atoms with Crippen LogP contribution in [-0.2, 0) is 0 Å². The van der Waals surface area contributed by atoms with Gasteiger partial charge in [0.15, 0.2) is 11.5 Å². The van der Waals surface area contributed by atoms with Crippen LogP contribution < -0.4 is 10.1 Å². The van der Waals surface area contributed by atoms with Gasteiger partial charge in [-0.15, -0.1) is 10.2 Å². The summed E-state index contributed by atoms with van der Waals surface area (Å²) in [6.45, 7) is 0. The van der Waals surface area contributed by atoms with Gasteiger partial charge >= 0.3 is 12.2 Å². The van der Waals surface area contributed by atoms with Crippen molar-refractivity contribution in [3.8, 4) is 5.75 Å². The van der Waals surface area contributed by atoms with Gasteiger partial charge in [-0.25, -0.2) is 9.79 Å². The van der Waals surface area contributed by atoms with Crippen molar-refractivity contribution in [1.29, 1.82) is 0 Å². The zero-order valence-electron chi connectivity index (χ0n) is 16.3. The fraction of sp³-hybridized carbons (Fsp3) is 0.105. The number of fused-ring (bicyclic) bond motifs is 1. The van der Waals surface area contributed by atoms with Crippen molar-refractivity contribution < 1.29 is 27.9 Å². The molecule has 1 aromatic carbocycles. The van der Waals surface area contributed by atoms with Gasteiger partial charge in [-0.05, 0) is 24.3 Å². The van der Waals surface area contributed by atoms with E-state index in [2.05, 4.69) is 25.5 Å². The molecule has 10 nitrogen and oxygen atoms in total. The topological polar surface area (TPSA) is 116 Å². The molecule has 0 saturated carbocycles. The summed E-state index contributed by atoms with van der Waals surface area (Å²) < 4.78 is 44.8. The summed E-state index contributed by atoms with van der Waals surface area (Å²) in [6, 6.07) is 5.65. The van der Waals surface area contributed by atoms with Crippen LogP contribution in [0.2, 0.25) is 0 Å². The van der Waals surface area contributed by atoms with Gasteiger partial charge in [-0.2, -0.15) is 18.2 Å². The van der Waals surface area contributed by atoms with E-state index in [-0.39, 0.29) is 5.88 Å². The number of hydrogen-bond donors (Lipinski definition) is 2. The first kappa shape index (κ1) is 21.0. The van der Waals surface area contributed by atoms with Gasteiger partial charge in [0.05, 0.1) is 23.8 Å². The molecule has 164 valence electrons. The number of hydroxylamine groups is 2. The average molecular weight is 445 g/mol. The SMILES string of the molecule is CN(O)C=C1C=C(Oc2ccc3c(ccn3C(=O)N=C3C=C(C(F)(F)F)N=N3)c2)N=CN1. The van der Waals surface area contributed by atoms with Crippen molar-refractivity contribution in [2.24, 2.45) is 20.2 Å². The molecule has 0 spiro atoms. The maximum Gasteiger partial charge on any atom is 0.435 e. The zero-order chi connectivity index (χ0) is 22.9. The number of benzene rings is 1. The molecule has 1 amide bonds. The summed E-state index contributed by atoms with van der Waals surface area (Å²) in [5.41, 5.74) is -0.211. The minimum atomic E-state index is -4.67. The first-order valence-corrected chi connectivity index (χ1v) is 8.96. The number of aliphatic imine (C=N–C) groups is 2. The number of halogens is 3. The first-order chi connectivity index (χ1) is 15.2. The Balaban J connectivity index is 1.54. The molecule has 2 aromatic rings. The Bertz CT molecular complexity index is 1270. The molecule has 32 heavy (non-hydrogen) atoms. The maximum absolute atomic E-state index is 12.6. The van der Waals surface area contributed by atoms with Crippen LogP contribution in [0, 0.1) is 0 Å². The lowest BCUT2D eigenvalue weighted by molar-refractivity contribution is -0.0924. The number of hydrogen-bond acceptors (Lipinski definition) is 7. The number of allylic oxidation sites excluding steroid dienone is 2. The maximum atomic E-state index is 12.6. The number of rotatable bonds is 3. The highest BCUT2D eigenvalue weighted by molar-refractivity contribution is 6.04. The van der Waals surface area contributed by atoms with Crippen LogP contribution in [0.4, 0.5) is 18.0 Å². The highest BCUT2D eigenvalue weighted by atomic mass is 19.4. The van der Waals surface area contributed by atoms with Gasteiger partial charge in [0.25, 0.3) is 0 Å². The molecule has 0 fully saturated rings. The minimum absolute atomic E-state index is 0.261. The normalized spacial score (nSPS) is 18.2. The van der Waals surface area contributed by atoms with Crippen LogP contribution >= 0.6 is 0 Å². The lowest BCUT2D eigenvalue weighted by Crippen LogP contribution is -2.18. The van der Waals surface area contributed by atoms with Crippen molar-refractivity contribution in [2.45, 2.75) is 6.18 Å². The van der Waals surface area contributed by atoms with E-state index in [1.54, 1.807) is 30.3 Å². The third-order valence-electron chi connectivity index (χ3n) is 4.14. The second-order valence-corrected chi connectivity index (χ2v) is 6.53. The Morgan fingerprint density at radius 3 is 2.81 bits per heavy atom. The molecular weight excluding hydrogens is 431 g/mol. The summed E-state index contributed by atoms with van der Waals surface area (Å²) in [5.74, 6) is 0.257. The van der Waals surface area contributed by atoms with Crippen LogP contribution in [-0.4, -0.2) is 46.3 Å². The van der Waals surface area contributed by atoms with Crippen molar-refractivity contribution in [3.05, 3.63) is 66.1 Å². The number of amidine groups is 1. The van der Waals surface area contributed by atoms with Crippen LogP contribution in [0.1, 0.15) is 0 Å². The summed E-state index contributed by atoms with van der Waals surface area (Å²) in [7, 11) is 1.45. The monoisotopic (exact) mass is 445 g/mol. The van der Waals surface area contributed by atoms with E-state index < -0.39 is 23.7 Å². The van der Waals surface area contributed by atoms with Gasteiger partial charge in [0.2, 0.25) is 5.88 Å². The van der Waals surface area contributed by atoms with Gasteiger partial charge in [-0.3, -0.25) is 14.8 Å². The average Bonchev–Trinajstić information content (AvgIpc) is 3.34. The predicted molar refractivity (Wildman–Crippen MR) is 107 cm³/mol. The number of aromatic nitrogens is 1. The van der Waals surface area contributed by atoms with Crippen molar-refractivity contribution in [2.75, 3.05) is 7.05 Å². The molecule has 0 atom stereocenters. The highest BCUT2D eigenvalue weighted by Crippen LogP contribution is 2.30. The number of nitrogens with zero attached hydrogens (tertiary/aromatic N) is 6. The summed E-state index contributed by atoms with van der Waals surface area (Å²) in [6.07, 6.45) is 1.75. The van der Waals surface area contributed by atoms with E-state index in [9.17, 15) is 23.2 Å². The largest absolute Gasteiger partial charge is 0.439 e. The Morgan fingerprint density at radius 2 is 2.09 bits per heavy atom. The summed E-state index contributed by atoms with van der Waals surface area (Å²) in [4.78, 5) is 20.1. The van der Waals surface area contributed by atoms with Gasteiger partial charge < -0.3 is 10.1 Å². The van der Waals surface area contributed by atoms with E-state index in [4.69, 9.17) is 4.74 Å². The van der Waals surface area contributed by atoms with E-state index in [1.165, 1.54) is 30.4 Å². The molecule has 2 N–H and O–H groups in total. The fourth-order valence-corrected chi connectivity index (χ4v) is 2.82. The molecule has 13 heteroatoms. The summed E-state index contributed by atoms with van der Waals surface area (Å²) in [5, 5.41) is 19.9. The second-order valence-electron chi connectivity index (χ2n) is 6.53. The predicted octanol–water partition coefficient (Wildman–Crippen LogP) is 3.93. The standard InChI is InChI=1S/C19H14F3N7O3/c1-28(31)9-12-7-17(24-10-23-12)32-13-2-3-14-11(6-13)4-5-29(14)18(30)25-16-8-15(26-27-16)19(20,21)22/h2-10,31H,1H3,(H,23,24). The van der Waals surface area contributed by atoms with Crippen molar-refractivity contribution in [1.82, 2.24) is 14.9 Å². The number of azo groups is 1. The molecular formula is C19H14F3N7O3. The molecule has 0 unspecified atom stereocenters. The van der Waals surface area contributed by atoms with Gasteiger partial charge in [0.1, 0.15) is 5.75 Å². The first-order valence-electron chi connectivity index (χ1n) is 8.96. The van der Waals surface area contributed by atoms with Crippen molar-refractivity contribution >= 4 is 29.1 Å². The molecule has 1 aromatic heterocycles.